The van der Waals surface area contributed by atoms with Crippen molar-refractivity contribution in [2.45, 2.75) is 24.9 Å². The fraction of sp³-hybridized carbons (Fsp3) is 0.190. The van der Waals surface area contributed by atoms with Crippen LogP contribution in [0, 0.1) is 0 Å². The SMILES string of the molecule is NC(=O)[C@@H](c1ccccc1)N(C(=O)c1nccs1)[C@@H]1CCc2ccc(Cl)cc21. The molecule has 7 heteroatoms. The number of carbonyl (C=O) groups excluding carboxylic acids is 2. The Labute approximate surface area is 171 Å². The summed E-state index contributed by atoms with van der Waals surface area (Å²) in [5.41, 5.74) is 8.56. The number of hydrogen-bond acceptors (Lipinski definition) is 4. The lowest BCUT2D eigenvalue weighted by Gasteiger charge is -2.35. The molecule has 5 nitrogen and oxygen atoms in total. The Hall–Kier alpha value is -2.70. The van der Waals surface area contributed by atoms with Crippen molar-refractivity contribution in [3.05, 3.63) is 86.8 Å². The maximum absolute atomic E-state index is 13.4. The van der Waals surface area contributed by atoms with Crippen LogP contribution in [0.2, 0.25) is 5.02 Å². The number of rotatable bonds is 5. The topological polar surface area (TPSA) is 76.3 Å². The van der Waals surface area contributed by atoms with Crippen molar-refractivity contribution >= 4 is 34.8 Å². The summed E-state index contributed by atoms with van der Waals surface area (Å²) >= 11 is 7.47. The van der Waals surface area contributed by atoms with Crippen LogP contribution in [0.5, 0.6) is 0 Å². The van der Waals surface area contributed by atoms with E-state index >= 15 is 0 Å². The van der Waals surface area contributed by atoms with Gasteiger partial charge in [0.2, 0.25) is 5.91 Å². The van der Waals surface area contributed by atoms with Gasteiger partial charge in [-0.05, 0) is 41.7 Å². The van der Waals surface area contributed by atoms with Crippen LogP contribution in [-0.2, 0) is 11.2 Å². The van der Waals surface area contributed by atoms with Crippen molar-refractivity contribution in [1.82, 2.24) is 9.88 Å². The normalized spacial score (nSPS) is 16.4. The molecule has 1 aliphatic rings. The standard InChI is InChI=1S/C21H18ClN3O2S/c22-15-8-6-13-7-9-17(16(13)12-15)25(21(27)20-24-10-11-28-20)18(19(23)26)14-4-2-1-3-5-14/h1-6,8,10-12,17-18H,7,9H2,(H2,23,26)/t17-,18-/m1/s1. The number of nitrogens with zero attached hydrogens (tertiary/aromatic N) is 2. The Morgan fingerprint density at radius 3 is 2.68 bits per heavy atom. The molecule has 142 valence electrons. The van der Waals surface area contributed by atoms with Gasteiger partial charge in [-0.15, -0.1) is 11.3 Å². The van der Waals surface area contributed by atoms with Crippen LogP contribution in [0.1, 0.15) is 45.0 Å². The molecule has 0 radical (unpaired) electrons. The van der Waals surface area contributed by atoms with Crippen molar-refractivity contribution < 1.29 is 9.59 Å². The monoisotopic (exact) mass is 411 g/mol. The van der Waals surface area contributed by atoms with E-state index in [4.69, 9.17) is 17.3 Å². The van der Waals surface area contributed by atoms with Gasteiger partial charge in [-0.1, -0.05) is 48.0 Å². The Morgan fingerprint density at radius 2 is 2.00 bits per heavy atom. The minimum Gasteiger partial charge on any atom is -0.368 e. The highest BCUT2D eigenvalue weighted by atomic mass is 35.5. The highest BCUT2D eigenvalue weighted by molar-refractivity contribution is 7.11. The summed E-state index contributed by atoms with van der Waals surface area (Å²) in [4.78, 5) is 31.7. The number of fused-ring (bicyclic) bond motifs is 1. The molecule has 1 aromatic heterocycles. The van der Waals surface area contributed by atoms with Crippen LogP contribution in [-0.4, -0.2) is 21.7 Å². The van der Waals surface area contributed by atoms with E-state index in [9.17, 15) is 9.59 Å². The maximum Gasteiger partial charge on any atom is 0.284 e. The van der Waals surface area contributed by atoms with Gasteiger partial charge in [0.25, 0.3) is 5.91 Å². The number of aromatic nitrogens is 1. The second-order valence-electron chi connectivity index (χ2n) is 6.66. The second-order valence-corrected chi connectivity index (χ2v) is 7.99. The Kier molecular flexibility index (Phi) is 5.15. The lowest BCUT2D eigenvalue weighted by Crippen LogP contribution is -2.43. The zero-order valence-electron chi connectivity index (χ0n) is 14.9. The first kappa shape index (κ1) is 18.7. The van der Waals surface area contributed by atoms with Crippen molar-refractivity contribution in [3.8, 4) is 0 Å². The molecule has 2 N–H and O–H groups in total. The minimum atomic E-state index is -0.896. The average Bonchev–Trinajstić information content (AvgIpc) is 3.36. The lowest BCUT2D eigenvalue weighted by atomic mass is 9.99. The van der Waals surface area contributed by atoms with E-state index in [1.165, 1.54) is 11.3 Å². The van der Waals surface area contributed by atoms with Gasteiger partial charge in [-0.2, -0.15) is 0 Å². The van der Waals surface area contributed by atoms with Crippen LogP contribution in [0.4, 0.5) is 0 Å². The molecule has 2 aromatic carbocycles. The molecular formula is C21H18ClN3O2S. The number of benzene rings is 2. The van der Waals surface area contributed by atoms with E-state index in [0.717, 1.165) is 17.5 Å². The average molecular weight is 412 g/mol. The van der Waals surface area contributed by atoms with Gasteiger partial charge in [0.05, 0.1) is 6.04 Å². The van der Waals surface area contributed by atoms with E-state index in [2.05, 4.69) is 4.98 Å². The number of thiazole rings is 1. The van der Waals surface area contributed by atoms with Crippen molar-refractivity contribution in [2.75, 3.05) is 0 Å². The molecule has 0 spiro atoms. The number of primary amides is 1. The molecule has 0 bridgehead atoms. The summed E-state index contributed by atoms with van der Waals surface area (Å²) < 4.78 is 0. The van der Waals surface area contributed by atoms with E-state index in [1.807, 2.05) is 48.5 Å². The first-order valence-electron chi connectivity index (χ1n) is 8.91. The molecule has 3 aromatic rings. The smallest absolute Gasteiger partial charge is 0.284 e. The van der Waals surface area contributed by atoms with Crippen LogP contribution in [0.25, 0.3) is 0 Å². The molecule has 2 atom stereocenters. The molecule has 1 heterocycles. The number of aryl methyl sites for hydroxylation is 1. The molecule has 4 rings (SSSR count). The van der Waals surface area contributed by atoms with Gasteiger partial charge >= 0.3 is 0 Å². The highest BCUT2D eigenvalue weighted by Gasteiger charge is 2.40. The summed E-state index contributed by atoms with van der Waals surface area (Å²) in [6, 6.07) is 13.6. The van der Waals surface area contributed by atoms with Crippen LogP contribution in [0.15, 0.2) is 60.1 Å². The molecule has 0 fully saturated rings. The third-order valence-corrected chi connectivity index (χ3v) is 6.00. The predicted octanol–water partition coefficient (Wildman–Crippen LogP) is 4.15. The van der Waals surface area contributed by atoms with Gasteiger partial charge in [-0.3, -0.25) is 9.59 Å². The van der Waals surface area contributed by atoms with Gasteiger partial charge in [0.1, 0.15) is 6.04 Å². The number of carbonyl (C=O) groups is 2. The lowest BCUT2D eigenvalue weighted by molar-refractivity contribution is -0.123. The van der Waals surface area contributed by atoms with E-state index in [1.54, 1.807) is 16.5 Å². The Balaban J connectivity index is 1.85. The van der Waals surface area contributed by atoms with E-state index in [-0.39, 0.29) is 11.9 Å². The molecule has 0 saturated heterocycles. The fourth-order valence-corrected chi connectivity index (χ4v) is 4.57. The number of nitrogens with two attached hydrogens (primary N) is 1. The first-order valence-corrected chi connectivity index (χ1v) is 10.2. The van der Waals surface area contributed by atoms with Crippen LogP contribution >= 0.6 is 22.9 Å². The number of hydrogen-bond donors (Lipinski definition) is 1. The minimum absolute atomic E-state index is 0.303. The van der Waals surface area contributed by atoms with Crippen molar-refractivity contribution in [1.29, 1.82) is 0 Å². The van der Waals surface area contributed by atoms with E-state index < -0.39 is 11.9 Å². The first-order chi connectivity index (χ1) is 13.6. The Morgan fingerprint density at radius 1 is 1.21 bits per heavy atom. The zero-order valence-corrected chi connectivity index (χ0v) is 16.5. The number of amides is 2. The molecule has 28 heavy (non-hydrogen) atoms. The summed E-state index contributed by atoms with van der Waals surface area (Å²) in [6.07, 6.45) is 3.08. The predicted molar refractivity (Wildman–Crippen MR) is 109 cm³/mol. The number of halogens is 1. The Bertz CT molecular complexity index is 1010. The summed E-state index contributed by atoms with van der Waals surface area (Å²) in [6.45, 7) is 0. The molecular weight excluding hydrogens is 394 g/mol. The molecule has 2 amide bonds. The van der Waals surface area contributed by atoms with Crippen LogP contribution < -0.4 is 5.73 Å². The zero-order chi connectivity index (χ0) is 19.7. The quantitative estimate of drug-likeness (QED) is 0.685. The largest absolute Gasteiger partial charge is 0.368 e. The molecule has 1 aliphatic carbocycles. The second kappa shape index (κ2) is 7.73. The van der Waals surface area contributed by atoms with Gasteiger partial charge in [0, 0.05) is 16.6 Å². The highest BCUT2D eigenvalue weighted by Crippen LogP contribution is 2.42. The van der Waals surface area contributed by atoms with Gasteiger partial charge in [0.15, 0.2) is 5.01 Å². The fourth-order valence-electron chi connectivity index (χ4n) is 3.82. The van der Waals surface area contributed by atoms with Gasteiger partial charge < -0.3 is 10.6 Å². The van der Waals surface area contributed by atoms with Crippen LogP contribution in [0.3, 0.4) is 0 Å². The van der Waals surface area contributed by atoms with Crippen molar-refractivity contribution in [3.63, 3.8) is 0 Å². The summed E-state index contributed by atoms with van der Waals surface area (Å²) in [5.74, 6) is -0.882. The van der Waals surface area contributed by atoms with E-state index in [0.29, 0.717) is 22.0 Å². The molecule has 0 unspecified atom stereocenters. The summed E-state index contributed by atoms with van der Waals surface area (Å²) in [7, 11) is 0. The maximum atomic E-state index is 13.4. The summed E-state index contributed by atoms with van der Waals surface area (Å²) in [5, 5.41) is 2.67. The molecule has 0 saturated carbocycles. The van der Waals surface area contributed by atoms with Crippen molar-refractivity contribution in [2.24, 2.45) is 5.73 Å². The third kappa shape index (κ3) is 3.41. The van der Waals surface area contributed by atoms with Gasteiger partial charge in [-0.25, -0.2) is 4.98 Å². The molecule has 0 aliphatic heterocycles. The third-order valence-electron chi connectivity index (χ3n) is 5.00.